The van der Waals surface area contributed by atoms with Gasteiger partial charge in [0.15, 0.2) is 0 Å². The fourth-order valence-corrected chi connectivity index (χ4v) is 3.00. The van der Waals surface area contributed by atoms with Crippen LogP contribution in [0, 0.1) is 0 Å². The minimum atomic E-state index is 0.0527. The van der Waals surface area contributed by atoms with Crippen LogP contribution in [0.5, 0.6) is 5.75 Å². The lowest BCUT2D eigenvalue weighted by Crippen LogP contribution is -2.38. The van der Waals surface area contributed by atoms with Gasteiger partial charge in [0.25, 0.3) is 0 Å². The van der Waals surface area contributed by atoms with Crippen LogP contribution in [0.2, 0.25) is 0 Å². The first kappa shape index (κ1) is 19.0. The summed E-state index contributed by atoms with van der Waals surface area (Å²) in [6.07, 6.45) is 0.411. The molecule has 1 amide bonds. The minimum absolute atomic E-state index is 0.0527. The Morgan fingerprint density at radius 3 is 2.24 bits per heavy atom. The van der Waals surface area contributed by atoms with Crippen molar-refractivity contribution in [1.82, 2.24) is 10.2 Å². The molecule has 0 aliphatic heterocycles. The summed E-state index contributed by atoms with van der Waals surface area (Å²) in [6, 6.07) is 18.1. The number of carbonyl (C=O) groups excluding carboxylic acids is 1. The number of likely N-dealkylation sites (N-methyl/N-ethyl adjacent to an activating group) is 1. The van der Waals surface area contributed by atoms with E-state index >= 15 is 0 Å². The molecule has 1 atom stereocenters. The van der Waals surface area contributed by atoms with Crippen LogP contribution in [0.25, 0.3) is 0 Å². The Kier molecular flexibility index (Phi) is 7.48. The molecule has 2 aromatic rings. The van der Waals surface area contributed by atoms with Crippen molar-refractivity contribution in [2.75, 3.05) is 26.7 Å². The molecule has 134 valence electrons. The Bertz CT molecular complexity index is 637. The lowest BCUT2D eigenvalue weighted by atomic mass is 10.0. The normalized spacial score (nSPS) is 12.0. The second kappa shape index (κ2) is 9.84. The lowest BCUT2D eigenvalue weighted by Gasteiger charge is -2.30. The highest BCUT2D eigenvalue weighted by atomic mass is 16.5. The molecule has 0 aliphatic rings. The van der Waals surface area contributed by atoms with E-state index in [-0.39, 0.29) is 11.9 Å². The van der Waals surface area contributed by atoms with Crippen molar-refractivity contribution in [3.05, 3.63) is 65.7 Å². The third-order valence-corrected chi connectivity index (χ3v) is 4.45. The van der Waals surface area contributed by atoms with Crippen molar-refractivity contribution < 1.29 is 9.53 Å². The van der Waals surface area contributed by atoms with Gasteiger partial charge in [-0.15, -0.1) is 0 Å². The largest absolute Gasteiger partial charge is 0.497 e. The van der Waals surface area contributed by atoms with E-state index in [2.05, 4.69) is 36.2 Å². The zero-order valence-electron chi connectivity index (χ0n) is 15.4. The number of amides is 1. The summed E-state index contributed by atoms with van der Waals surface area (Å²) in [7, 11) is 1.67. The summed E-state index contributed by atoms with van der Waals surface area (Å²) in [5.74, 6) is 0.895. The average molecular weight is 340 g/mol. The van der Waals surface area contributed by atoms with Gasteiger partial charge in [0.2, 0.25) is 5.91 Å². The van der Waals surface area contributed by atoms with E-state index in [1.807, 2.05) is 42.5 Å². The Labute approximate surface area is 150 Å². The molecular formula is C21H28N2O2. The highest BCUT2D eigenvalue weighted by molar-refractivity contribution is 5.78. The molecule has 0 spiro atoms. The number of rotatable bonds is 9. The summed E-state index contributed by atoms with van der Waals surface area (Å²) in [5, 5.41) is 3.10. The maximum absolute atomic E-state index is 12.3. The average Bonchev–Trinajstić information content (AvgIpc) is 2.66. The van der Waals surface area contributed by atoms with Crippen LogP contribution in [0.4, 0.5) is 0 Å². The number of hydrogen-bond acceptors (Lipinski definition) is 3. The van der Waals surface area contributed by atoms with E-state index in [4.69, 9.17) is 4.74 Å². The van der Waals surface area contributed by atoms with Gasteiger partial charge >= 0.3 is 0 Å². The van der Waals surface area contributed by atoms with Crippen molar-refractivity contribution >= 4 is 5.91 Å². The summed E-state index contributed by atoms with van der Waals surface area (Å²) in [6.45, 7) is 6.75. The molecule has 2 rings (SSSR count). The van der Waals surface area contributed by atoms with E-state index in [9.17, 15) is 4.79 Å². The monoisotopic (exact) mass is 340 g/mol. The van der Waals surface area contributed by atoms with Crippen LogP contribution in [-0.2, 0) is 11.2 Å². The van der Waals surface area contributed by atoms with Gasteiger partial charge in [0.1, 0.15) is 5.75 Å². The molecule has 1 N–H and O–H groups in total. The van der Waals surface area contributed by atoms with Crippen molar-refractivity contribution in [3.8, 4) is 5.75 Å². The van der Waals surface area contributed by atoms with Gasteiger partial charge in [0.05, 0.1) is 19.6 Å². The van der Waals surface area contributed by atoms with Crippen LogP contribution in [0.1, 0.15) is 31.0 Å². The first-order chi connectivity index (χ1) is 12.2. The second-order valence-electron chi connectivity index (χ2n) is 5.98. The van der Waals surface area contributed by atoms with Gasteiger partial charge in [-0.1, -0.05) is 56.3 Å². The Morgan fingerprint density at radius 1 is 1.04 bits per heavy atom. The maximum Gasteiger partial charge on any atom is 0.224 e. The Morgan fingerprint density at radius 2 is 1.68 bits per heavy atom. The number of hydrogen-bond donors (Lipinski definition) is 1. The zero-order valence-corrected chi connectivity index (χ0v) is 15.4. The van der Waals surface area contributed by atoms with Gasteiger partial charge in [-0.05, 0) is 36.3 Å². The number of methoxy groups -OCH3 is 1. The molecule has 0 radical (unpaired) electrons. The molecule has 4 nitrogen and oxygen atoms in total. The molecule has 4 heteroatoms. The molecule has 0 heterocycles. The molecule has 0 aromatic heterocycles. The van der Waals surface area contributed by atoms with Crippen molar-refractivity contribution in [2.45, 2.75) is 26.3 Å². The number of nitrogens with zero attached hydrogens (tertiary/aromatic N) is 1. The van der Waals surface area contributed by atoms with E-state index in [1.54, 1.807) is 7.11 Å². The minimum Gasteiger partial charge on any atom is -0.497 e. The smallest absolute Gasteiger partial charge is 0.224 e. The van der Waals surface area contributed by atoms with Gasteiger partial charge in [-0.2, -0.15) is 0 Å². The number of nitrogens with one attached hydrogen (secondary N) is 1. The van der Waals surface area contributed by atoms with E-state index < -0.39 is 0 Å². The molecule has 0 aliphatic carbocycles. The molecule has 25 heavy (non-hydrogen) atoms. The standard InChI is InChI=1S/C21H28N2O2/c1-4-23(5-2)20(18-11-13-19(25-3)14-12-18)16-22-21(24)15-17-9-7-6-8-10-17/h6-14,20H,4-5,15-16H2,1-3H3,(H,22,24). The first-order valence-electron chi connectivity index (χ1n) is 8.86. The van der Waals surface area contributed by atoms with Crippen LogP contribution in [0.3, 0.4) is 0 Å². The first-order valence-corrected chi connectivity index (χ1v) is 8.86. The third kappa shape index (κ3) is 5.61. The van der Waals surface area contributed by atoms with Gasteiger partial charge in [-0.3, -0.25) is 9.69 Å². The third-order valence-electron chi connectivity index (χ3n) is 4.45. The van der Waals surface area contributed by atoms with Gasteiger partial charge in [-0.25, -0.2) is 0 Å². The number of ether oxygens (including phenoxy) is 1. The summed E-state index contributed by atoms with van der Waals surface area (Å²) >= 11 is 0. The lowest BCUT2D eigenvalue weighted by molar-refractivity contribution is -0.120. The topological polar surface area (TPSA) is 41.6 Å². The predicted octanol–water partition coefficient (Wildman–Crippen LogP) is 3.44. The SMILES string of the molecule is CCN(CC)C(CNC(=O)Cc1ccccc1)c1ccc(OC)cc1. The van der Waals surface area contributed by atoms with Crippen LogP contribution >= 0.6 is 0 Å². The Balaban J connectivity index is 2.03. The molecule has 0 fully saturated rings. The summed E-state index contributed by atoms with van der Waals surface area (Å²) in [4.78, 5) is 14.7. The van der Waals surface area contributed by atoms with E-state index in [0.717, 1.165) is 24.4 Å². The van der Waals surface area contributed by atoms with Crippen molar-refractivity contribution in [2.24, 2.45) is 0 Å². The van der Waals surface area contributed by atoms with Crippen LogP contribution in [0.15, 0.2) is 54.6 Å². The van der Waals surface area contributed by atoms with Crippen molar-refractivity contribution in [1.29, 1.82) is 0 Å². The summed E-state index contributed by atoms with van der Waals surface area (Å²) < 4.78 is 5.24. The quantitative estimate of drug-likeness (QED) is 0.760. The highest BCUT2D eigenvalue weighted by Gasteiger charge is 2.19. The number of carbonyl (C=O) groups is 1. The summed E-state index contributed by atoms with van der Waals surface area (Å²) in [5.41, 5.74) is 2.22. The van der Waals surface area contributed by atoms with Crippen LogP contribution in [-0.4, -0.2) is 37.6 Å². The molecule has 1 unspecified atom stereocenters. The van der Waals surface area contributed by atoms with Crippen molar-refractivity contribution in [3.63, 3.8) is 0 Å². The predicted molar refractivity (Wildman–Crippen MR) is 102 cm³/mol. The van der Waals surface area contributed by atoms with E-state index in [0.29, 0.717) is 13.0 Å². The fourth-order valence-electron chi connectivity index (χ4n) is 3.00. The molecule has 0 saturated carbocycles. The zero-order chi connectivity index (χ0) is 18.1. The molecule has 2 aromatic carbocycles. The fraction of sp³-hybridized carbons (Fsp3) is 0.381. The van der Waals surface area contributed by atoms with E-state index in [1.165, 1.54) is 5.56 Å². The highest BCUT2D eigenvalue weighted by Crippen LogP contribution is 2.22. The van der Waals surface area contributed by atoms with Crippen LogP contribution < -0.4 is 10.1 Å². The van der Waals surface area contributed by atoms with Gasteiger partial charge in [0, 0.05) is 6.54 Å². The maximum atomic E-state index is 12.3. The van der Waals surface area contributed by atoms with Gasteiger partial charge < -0.3 is 10.1 Å². The second-order valence-corrected chi connectivity index (χ2v) is 5.98. The Hall–Kier alpha value is -2.33. The number of benzene rings is 2. The molecule has 0 bridgehead atoms. The molecule has 0 saturated heterocycles. The molecular weight excluding hydrogens is 312 g/mol.